The molecule has 0 bridgehead atoms. The predicted molar refractivity (Wildman–Crippen MR) is 166 cm³/mol. The van der Waals surface area contributed by atoms with Crippen molar-refractivity contribution >= 4 is 52.9 Å². The number of hydrogen-bond acceptors (Lipinski definition) is 3. The molecule has 0 amide bonds. The maximum Gasteiger partial charge on any atom is 0.0700 e. The van der Waals surface area contributed by atoms with Crippen LogP contribution < -0.4 is 0 Å². The van der Waals surface area contributed by atoms with Crippen LogP contribution >= 0.6 is 23.5 Å². The summed E-state index contributed by atoms with van der Waals surface area (Å²) >= 11 is 4.56. The highest BCUT2D eigenvalue weighted by Gasteiger charge is 2.79. The molecule has 1 rings (SSSR count). The van der Waals surface area contributed by atoms with Gasteiger partial charge in [0.15, 0.2) is 0 Å². The molecular weight excluding hydrogens is 493 g/mol. The molecule has 1 atom stereocenters. The second-order valence-electron chi connectivity index (χ2n) is 15.0. The van der Waals surface area contributed by atoms with Crippen LogP contribution in [0.2, 0.25) is 54.4 Å². The third kappa shape index (κ3) is 4.42. The molecule has 1 saturated heterocycles. The molecule has 0 aromatic carbocycles. The van der Waals surface area contributed by atoms with Crippen LogP contribution in [0.3, 0.4) is 0 Å². The van der Waals surface area contributed by atoms with Gasteiger partial charge in [0.1, 0.15) is 0 Å². The molecule has 0 aliphatic carbocycles. The van der Waals surface area contributed by atoms with Crippen molar-refractivity contribution < 1.29 is 4.74 Å². The highest BCUT2D eigenvalue weighted by atomic mass is 32.2. The fraction of sp³-hybridized carbons (Fsp3) is 1.00. The van der Waals surface area contributed by atoms with Gasteiger partial charge in [-0.2, -0.15) is 23.5 Å². The lowest BCUT2D eigenvalue weighted by Crippen LogP contribution is -2.96. The Morgan fingerprint density at radius 3 is 1.09 bits per heavy atom. The van der Waals surface area contributed by atoms with Gasteiger partial charge >= 0.3 is 0 Å². The van der Waals surface area contributed by atoms with Gasteiger partial charge in [-0.05, 0) is 40.5 Å². The monoisotopic (exact) mass is 550 g/mol. The first-order valence-electron chi connectivity index (χ1n) is 12.7. The van der Waals surface area contributed by atoms with E-state index in [1.54, 1.807) is 0 Å². The van der Waals surface area contributed by atoms with E-state index >= 15 is 0 Å². The van der Waals surface area contributed by atoms with Gasteiger partial charge in [-0.15, -0.1) is 0 Å². The Morgan fingerprint density at radius 1 is 0.656 bits per heavy atom. The summed E-state index contributed by atoms with van der Waals surface area (Å²) in [6, 6.07) is 0. The molecule has 0 spiro atoms. The van der Waals surface area contributed by atoms with Crippen LogP contribution in [0.5, 0.6) is 0 Å². The number of rotatable bonds is 8. The van der Waals surface area contributed by atoms with Crippen LogP contribution in [0.4, 0.5) is 0 Å². The van der Waals surface area contributed by atoms with Crippen LogP contribution in [-0.2, 0) is 4.74 Å². The summed E-state index contributed by atoms with van der Waals surface area (Å²) in [5.74, 6) is 0. The SMILES string of the molecule is CSC(CC1CCO1)(SC)[Si]([Si](C)(C)C(C)(C)C)([Si](C)(C)C(C)(C)C)[Si](C)(C)C(C)(C)C. The summed E-state index contributed by atoms with van der Waals surface area (Å²) < 4.78 is 6.55. The topological polar surface area (TPSA) is 9.23 Å². The van der Waals surface area contributed by atoms with E-state index in [1.165, 1.54) is 12.8 Å². The lowest BCUT2D eigenvalue weighted by atomic mass is 10.1. The van der Waals surface area contributed by atoms with Gasteiger partial charge in [0.05, 0.1) is 12.7 Å². The minimum atomic E-state index is -1.95. The van der Waals surface area contributed by atoms with Gasteiger partial charge < -0.3 is 4.74 Å². The Morgan fingerprint density at radius 2 is 0.938 bits per heavy atom. The first-order valence-corrected chi connectivity index (χ1v) is 29.1. The third-order valence-electron chi connectivity index (χ3n) is 11.0. The molecule has 0 aromatic heterocycles. The van der Waals surface area contributed by atoms with E-state index in [0.717, 1.165) is 6.61 Å². The average Bonchev–Trinajstić information content (AvgIpc) is 2.53. The van der Waals surface area contributed by atoms with Crippen molar-refractivity contribution in [3.05, 3.63) is 0 Å². The zero-order valence-electron chi connectivity index (χ0n) is 24.9. The van der Waals surface area contributed by atoms with Crippen molar-refractivity contribution in [3.8, 4) is 0 Å². The minimum Gasteiger partial charge on any atom is -0.378 e. The summed E-state index contributed by atoms with van der Waals surface area (Å²) in [5, 5.41) is 1.17. The Hall–Kier alpha value is 1.53. The average molecular weight is 551 g/mol. The molecule has 32 heavy (non-hydrogen) atoms. The fourth-order valence-corrected chi connectivity index (χ4v) is 138. The normalized spacial score (nSPS) is 20.3. The van der Waals surface area contributed by atoms with Crippen LogP contribution in [0.15, 0.2) is 0 Å². The smallest absolute Gasteiger partial charge is 0.0700 e. The predicted octanol–water partition coefficient (Wildman–Crippen LogP) is 9.34. The van der Waals surface area contributed by atoms with Crippen molar-refractivity contribution in [2.24, 2.45) is 0 Å². The molecule has 0 N–H and O–H groups in total. The Bertz CT molecular complexity index is 582. The minimum absolute atomic E-state index is 0.326. The highest BCUT2D eigenvalue weighted by molar-refractivity contribution is 8.25. The van der Waals surface area contributed by atoms with Crippen molar-refractivity contribution in [3.63, 3.8) is 0 Å². The molecule has 7 heteroatoms. The fourth-order valence-electron chi connectivity index (χ4n) is 6.91. The molecule has 1 fully saturated rings. The molecule has 1 aliphatic rings. The molecule has 0 radical (unpaired) electrons. The number of hydrogen-bond donors (Lipinski definition) is 0. The third-order valence-corrected chi connectivity index (χ3v) is 99.4. The molecule has 1 aliphatic heterocycles. The first kappa shape index (κ1) is 31.6. The van der Waals surface area contributed by atoms with Gasteiger partial charge in [-0.1, -0.05) is 102 Å². The second kappa shape index (κ2) is 9.44. The van der Waals surface area contributed by atoms with Crippen LogP contribution in [-0.4, -0.2) is 58.3 Å². The van der Waals surface area contributed by atoms with Crippen molar-refractivity contribution in [1.82, 2.24) is 0 Å². The maximum absolute atomic E-state index is 6.22. The van der Waals surface area contributed by atoms with Crippen LogP contribution in [0, 0.1) is 0 Å². The molecule has 0 aromatic rings. The maximum atomic E-state index is 6.22. The molecule has 1 nitrogen and oxygen atoms in total. The van der Waals surface area contributed by atoms with Gasteiger partial charge in [0.25, 0.3) is 0 Å². The molecular formula is C25H58OS2Si4. The van der Waals surface area contributed by atoms with E-state index in [2.05, 4.69) is 138 Å². The summed E-state index contributed by atoms with van der Waals surface area (Å²) in [6.45, 7) is 39.8. The molecule has 192 valence electrons. The highest BCUT2D eigenvalue weighted by Crippen LogP contribution is 2.67. The number of thioether (sulfide) groups is 2. The van der Waals surface area contributed by atoms with Crippen molar-refractivity contribution in [1.29, 1.82) is 0 Å². The van der Waals surface area contributed by atoms with Gasteiger partial charge in [-0.3, -0.25) is 0 Å². The zero-order valence-corrected chi connectivity index (χ0v) is 30.6. The first-order chi connectivity index (χ1) is 13.9. The van der Waals surface area contributed by atoms with Crippen molar-refractivity contribution in [2.75, 3.05) is 19.1 Å². The van der Waals surface area contributed by atoms with E-state index in [-0.39, 0.29) is 0 Å². The van der Waals surface area contributed by atoms with Crippen LogP contribution in [0.25, 0.3) is 0 Å². The van der Waals surface area contributed by atoms with E-state index in [1.807, 2.05) is 0 Å². The molecule has 1 unspecified atom stereocenters. The zero-order chi connectivity index (χ0) is 25.8. The molecule has 0 saturated carbocycles. The Labute approximate surface area is 215 Å². The van der Waals surface area contributed by atoms with Gasteiger partial charge in [-0.25, -0.2) is 0 Å². The number of ether oxygens (including phenoxy) is 1. The van der Waals surface area contributed by atoms with Gasteiger partial charge in [0.2, 0.25) is 0 Å². The second-order valence-corrected chi connectivity index (χ2v) is 57.3. The summed E-state index contributed by atoms with van der Waals surface area (Å²) in [7, 11) is -5.23. The van der Waals surface area contributed by atoms with Gasteiger partial charge in [0, 0.05) is 33.1 Å². The quantitative estimate of drug-likeness (QED) is 0.220. The lowest BCUT2D eigenvalue weighted by Gasteiger charge is -2.75. The summed E-state index contributed by atoms with van der Waals surface area (Å²) in [6.07, 6.45) is 7.96. The standard InChI is InChI=1S/C25H58OS2Si4/c1-22(2,3)29(12,13)32(30(14,15)23(4,5)6,31(16,17)24(7,8)9)25(27-10,28-11)20-21-18-19-26-21/h21H,18-20H2,1-17H3. The largest absolute Gasteiger partial charge is 0.378 e. The van der Waals surface area contributed by atoms with E-state index in [0.29, 0.717) is 24.9 Å². The molecule has 1 heterocycles. The Kier molecular flexibility index (Phi) is 9.31. The summed E-state index contributed by atoms with van der Waals surface area (Å²) in [4.78, 5) is 0. The lowest BCUT2D eigenvalue weighted by molar-refractivity contribution is -0.0533. The van der Waals surface area contributed by atoms with E-state index in [4.69, 9.17) is 4.74 Å². The van der Waals surface area contributed by atoms with E-state index in [9.17, 15) is 0 Å². The van der Waals surface area contributed by atoms with E-state index < -0.39 is 29.4 Å². The van der Waals surface area contributed by atoms with Crippen molar-refractivity contribution in [2.45, 2.75) is 139 Å². The Balaban J connectivity index is 4.41. The summed E-state index contributed by atoms with van der Waals surface area (Å²) in [5.41, 5.74) is 0. The van der Waals surface area contributed by atoms with Crippen LogP contribution in [0.1, 0.15) is 75.2 Å².